The van der Waals surface area contributed by atoms with Crippen LogP contribution >= 0.6 is 0 Å². The summed E-state index contributed by atoms with van der Waals surface area (Å²) in [6.45, 7) is 3.69. The van der Waals surface area contributed by atoms with Gasteiger partial charge in [0.2, 0.25) is 10.0 Å². The van der Waals surface area contributed by atoms with Crippen LogP contribution in [-0.2, 0) is 19.5 Å². The molecule has 0 aromatic heterocycles. The summed E-state index contributed by atoms with van der Waals surface area (Å²) in [7, 11) is -3.74. The largest absolute Gasteiger partial charge is 0.379 e. The Morgan fingerprint density at radius 3 is 2.21 bits per heavy atom. The van der Waals surface area contributed by atoms with Crippen molar-refractivity contribution in [3.05, 3.63) is 66.2 Å². The number of carbonyl (C=O) groups is 1. The molecule has 1 amide bonds. The number of rotatable bonds is 5. The maximum Gasteiger partial charge on any atom is 0.257 e. The predicted molar refractivity (Wildman–Crippen MR) is 131 cm³/mol. The SMILES string of the molecule is O=C(Nc1ccc2ccccc2c1)c1cc(S(=O)(=O)N2CCOCC2)ccc1N1CCOCC1. The Morgan fingerprint density at radius 2 is 1.47 bits per heavy atom. The van der Waals surface area contributed by atoms with Gasteiger partial charge in [0.15, 0.2) is 0 Å². The number of nitrogens with one attached hydrogen (secondary N) is 1. The zero-order valence-electron chi connectivity index (χ0n) is 18.8. The quantitative estimate of drug-likeness (QED) is 0.603. The number of carbonyl (C=O) groups excluding carboxylic acids is 1. The second-order valence-electron chi connectivity index (χ2n) is 8.31. The third-order valence-corrected chi connectivity index (χ3v) is 8.07. The zero-order chi connectivity index (χ0) is 23.5. The lowest BCUT2D eigenvalue weighted by molar-refractivity contribution is 0.0730. The molecule has 178 valence electrons. The van der Waals surface area contributed by atoms with Gasteiger partial charge in [-0.15, -0.1) is 0 Å². The van der Waals surface area contributed by atoms with Gasteiger partial charge >= 0.3 is 0 Å². The van der Waals surface area contributed by atoms with E-state index in [0.717, 1.165) is 10.8 Å². The van der Waals surface area contributed by atoms with E-state index in [4.69, 9.17) is 9.47 Å². The van der Waals surface area contributed by atoms with Crippen molar-refractivity contribution in [3.63, 3.8) is 0 Å². The number of benzene rings is 3. The van der Waals surface area contributed by atoms with Crippen LogP contribution in [0.4, 0.5) is 11.4 Å². The van der Waals surface area contributed by atoms with Crippen molar-refractivity contribution in [2.45, 2.75) is 4.90 Å². The molecule has 2 saturated heterocycles. The van der Waals surface area contributed by atoms with Gasteiger partial charge in [0.05, 0.1) is 36.9 Å². The number of amides is 1. The molecular formula is C25H27N3O5S. The molecule has 34 heavy (non-hydrogen) atoms. The van der Waals surface area contributed by atoms with E-state index in [1.165, 1.54) is 10.4 Å². The highest BCUT2D eigenvalue weighted by atomic mass is 32.2. The van der Waals surface area contributed by atoms with E-state index >= 15 is 0 Å². The van der Waals surface area contributed by atoms with Crippen molar-refractivity contribution < 1.29 is 22.7 Å². The average Bonchev–Trinajstić information content (AvgIpc) is 2.89. The fourth-order valence-corrected chi connectivity index (χ4v) is 5.77. The Bertz CT molecular complexity index is 1300. The minimum Gasteiger partial charge on any atom is -0.379 e. The van der Waals surface area contributed by atoms with Crippen molar-refractivity contribution in [3.8, 4) is 0 Å². The number of morpholine rings is 2. The second-order valence-corrected chi connectivity index (χ2v) is 10.2. The van der Waals surface area contributed by atoms with Gasteiger partial charge < -0.3 is 19.7 Å². The minimum atomic E-state index is -3.74. The van der Waals surface area contributed by atoms with Crippen molar-refractivity contribution in [2.75, 3.05) is 62.8 Å². The van der Waals surface area contributed by atoms with Gasteiger partial charge in [0.25, 0.3) is 5.91 Å². The molecule has 3 aromatic rings. The first-order chi connectivity index (χ1) is 16.5. The zero-order valence-corrected chi connectivity index (χ0v) is 19.6. The van der Waals surface area contributed by atoms with Gasteiger partial charge in [-0.2, -0.15) is 4.31 Å². The smallest absolute Gasteiger partial charge is 0.257 e. The van der Waals surface area contributed by atoms with E-state index in [2.05, 4.69) is 10.2 Å². The Morgan fingerprint density at radius 1 is 0.794 bits per heavy atom. The molecule has 5 rings (SSSR count). The topological polar surface area (TPSA) is 88.2 Å². The van der Waals surface area contributed by atoms with Crippen molar-refractivity contribution >= 4 is 38.1 Å². The third-order valence-electron chi connectivity index (χ3n) is 6.18. The molecule has 2 fully saturated rings. The van der Waals surface area contributed by atoms with E-state index < -0.39 is 10.0 Å². The maximum absolute atomic E-state index is 13.5. The average molecular weight is 482 g/mol. The van der Waals surface area contributed by atoms with Crippen molar-refractivity contribution in [1.29, 1.82) is 0 Å². The van der Waals surface area contributed by atoms with E-state index in [0.29, 0.717) is 69.5 Å². The van der Waals surface area contributed by atoms with Crippen LogP contribution in [0, 0.1) is 0 Å². The summed E-state index contributed by atoms with van der Waals surface area (Å²) in [6.07, 6.45) is 0. The van der Waals surface area contributed by atoms with Gasteiger partial charge in [0.1, 0.15) is 0 Å². The Hall–Kier alpha value is -2.98. The number of ether oxygens (including phenoxy) is 2. The molecule has 2 aliphatic rings. The second kappa shape index (κ2) is 9.71. The number of hydrogen-bond acceptors (Lipinski definition) is 6. The first-order valence-electron chi connectivity index (χ1n) is 11.4. The molecule has 9 heteroatoms. The van der Waals surface area contributed by atoms with Crippen LogP contribution < -0.4 is 10.2 Å². The number of hydrogen-bond donors (Lipinski definition) is 1. The first-order valence-corrected chi connectivity index (χ1v) is 12.8. The highest BCUT2D eigenvalue weighted by Crippen LogP contribution is 2.28. The van der Waals surface area contributed by atoms with Gasteiger partial charge in [-0.1, -0.05) is 30.3 Å². The molecule has 0 radical (unpaired) electrons. The Labute approximate surface area is 199 Å². The molecule has 0 unspecified atom stereocenters. The van der Waals surface area contributed by atoms with Crippen LogP contribution in [0.25, 0.3) is 10.8 Å². The highest BCUT2D eigenvalue weighted by molar-refractivity contribution is 7.89. The summed E-state index contributed by atoms with van der Waals surface area (Å²) < 4.78 is 38.7. The van der Waals surface area contributed by atoms with Crippen LogP contribution in [-0.4, -0.2) is 71.2 Å². The minimum absolute atomic E-state index is 0.107. The molecule has 0 saturated carbocycles. The standard InChI is InChI=1S/C25H27N3O5S/c29-25(26-21-6-5-19-3-1-2-4-20(19)17-21)23-18-22(34(30,31)28-11-15-33-16-12-28)7-8-24(23)27-9-13-32-14-10-27/h1-8,17-18H,9-16H2,(H,26,29). The Balaban J connectivity index is 1.50. The van der Waals surface area contributed by atoms with Gasteiger partial charge in [-0.25, -0.2) is 8.42 Å². The fourth-order valence-electron chi connectivity index (χ4n) is 4.34. The molecule has 1 N–H and O–H groups in total. The highest BCUT2D eigenvalue weighted by Gasteiger charge is 2.29. The van der Waals surface area contributed by atoms with Crippen LogP contribution in [0.2, 0.25) is 0 Å². The number of sulfonamides is 1. The van der Waals surface area contributed by atoms with E-state index in [-0.39, 0.29) is 10.8 Å². The van der Waals surface area contributed by atoms with Crippen LogP contribution in [0.1, 0.15) is 10.4 Å². The van der Waals surface area contributed by atoms with Crippen LogP contribution in [0.15, 0.2) is 65.6 Å². The Kier molecular flexibility index (Phi) is 6.51. The summed E-state index contributed by atoms with van der Waals surface area (Å²) in [5.74, 6) is -0.351. The summed E-state index contributed by atoms with van der Waals surface area (Å²) in [4.78, 5) is 15.6. The first kappa shape index (κ1) is 22.8. The lowest BCUT2D eigenvalue weighted by Crippen LogP contribution is -2.41. The van der Waals surface area contributed by atoms with Gasteiger partial charge in [-0.3, -0.25) is 4.79 Å². The maximum atomic E-state index is 13.5. The number of anilines is 2. The molecule has 2 heterocycles. The lowest BCUT2D eigenvalue weighted by Gasteiger charge is -2.31. The van der Waals surface area contributed by atoms with Crippen LogP contribution in [0.5, 0.6) is 0 Å². The predicted octanol–water partition coefficient (Wildman–Crippen LogP) is 2.95. The normalized spacial score (nSPS) is 17.6. The fraction of sp³-hybridized carbons (Fsp3) is 0.320. The van der Waals surface area contributed by atoms with Crippen LogP contribution in [0.3, 0.4) is 0 Å². The van der Waals surface area contributed by atoms with Crippen molar-refractivity contribution in [2.24, 2.45) is 0 Å². The lowest BCUT2D eigenvalue weighted by atomic mass is 10.1. The third kappa shape index (κ3) is 4.65. The molecular weight excluding hydrogens is 454 g/mol. The molecule has 0 bridgehead atoms. The summed E-state index contributed by atoms with van der Waals surface area (Å²) in [6, 6.07) is 18.4. The van der Waals surface area contributed by atoms with Gasteiger partial charge in [-0.05, 0) is 41.1 Å². The van der Waals surface area contributed by atoms with Crippen molar-refractivity contribution in [1.82, 2.24) is 4.31 Å². The molecule has 8 nitrogen and oxygen atoms in total. The molecule has 0 aliphatic carbocycles. The molecule has 0 atom stereocenters. The van der Waals surface area contributed by atoms with E-state index in [1.54, 1.807) is 12.1 Å². The van der Waals surface area contributed by atoms with Gasteiger partial charge in [0, 0.05) is 37.6 Å². The summed E-state index contributed by atoms with van der Waals surface area (Å²) >= 11 is 0. The molecule has 3 aromatic carbocycles. The van der Waals surface area contributed by atoms with E-state index in [1.807, 2.05) is 42.5 Å². The van der Waals surface area contributed by atoms with E-state index in [9.17, 15) is 13.2 Å². The number of nitrogens with zero attached hydrogens (tertiary/aromatic N) is 2. The molecule has 2 aliphatic heterocycles. The monoisotopic (exact) mass is 481 g/mol. The number of fused-ring (bicyclic) bond motifs is 1. The molecule has 0 spiro atoms. The summed E-state index contributed by atoms with van der Waals surface area (Å²) in [5.41, 5.74) is 1.67. The summed E-state index contributed by atoms with van der Waals surface area (Å²) in [5, 5.41) is 5.05.